The normalized spacial score (nSPS) is 10.8. The Morgan fingerprint density at radius 2 is 2.11 bits per heavy atom. The maximum absolute atomic E-state index is 11.4. The van der Waals surface area contributed by atoms with Crippen LogP contribution in [0.3, 0.4) is 0 Å². The standard InChI is InChI=1S/C12H18N4O2/c1-12(2,11(13)18)7-16-8-4-5-15-9(6-8)10(17)14-3/h4-6H,7H2,1-3H3,(H2,13,18)(H,14,17)(H,15,16). The summed E-state index contributed by atoms with van der Waals surface area (Å²) in [5.74, 6) is -0.636. The van der Waals surface area contributed by atoms with Crippen molar-refractivity contribution in [3.63, 3.8) is 0 Å². The van der Waals surface area contributed by atoms with Crippen LogP contribution in [-0.2, 0) is 4.79 Å². The van der Waals surface area contributed by atoms with Crippen LogP contribution in [0, 0.1) is 5.41 Å². The lowest BCUT2D eigenvalue weighted by Crippen LogP contribution is -2.37. The van der Waals surface area contributed by atoms with Crippen molar-refractivity contribution in [2.24, 2.45) is 11.1 Å². The third-order valence-corrected chi connectivity index (χ3v) is 2.62. The van der Waals surface area contributed by atoms with E-state index in [9.17, 15) is 9.59 Å². The molecule has 0 aliphatic carbocycles. The van der Waals surface area contributed by atoms with E-state index in [4.69, 9.17) is 5.73 Å². The Morgan fingerprint density at radius 3 is 2.67 bits per heavy atom. The van der Waals surface area contributed by atoms with E-state index in [0.29, 0.717) is 12.2 Å². The van der Waals surface area contributed by atoms with Gasteiger partial charge in [-0.2, -0.15) is 0 Å². The highest BCUT2D eigenvalue weighted by molar-refractivity contribution is 5.92. The summed E-state index contributed by atoms with van der Waals surface area (Å²) in [4.78, 5) is 26.5. The van der Waals surface area contributed by atoms with Crippen molar-refractivity contribution in [2.75, 3.05) is 18.9 Å². The molecular formula is C12H18N4O2. The fourth-order valence-corrected chi connectivity index (χ4v) is 1.20. The first-order chi connectivity index (χ1) is 8.36. The smallest absolute Gasteiger partial charge is 0.269 e. The van der Waals surface area contributed by atoms with Crippen LogP contribution in [0.25, 0.3) is 0 Å². The van der Waals surface area contributed by atoms with Crippen molar-refractivity contribution in [1.82, 2.24) is 10.3 Å². The van der Waals surface area contributed by atoms with Gasteiger partial charge in [0.25, 0.3) is 5.91 Å². The maximum Gasteiger partial charge on any atom is 0.269 e. The number of nitrogens with zero attached hydrogens (tertiary/aromatic N) is 1. The summed E-state index contributed by atoms with van der Waals surface area (Å²) in [6.45, 7) is 3.89. The molecule has 0 aliphatic rings. The molecule has 18 heavy (non-hydrogen) atoms. The number of anilines is 1. The van der Waals surface area contributed by atoms with Gasteiger partial charge in [0.05, 0.1) is 5.41 Å². The second kappa shape index (κ2) is 5.48. The van der Waals surface area contributed by atoms with Gasteiger partial charge in [0.15, 0.2) is 0 Å². The zero-order valence-electron chi connectivity index (χ0n) is 10.8. The van der Waals surface area contributed by atoms with Crippen LogP contribution in [0.5, 0.6) is 0 Å². The number of primary amides is 1. The van der Waals surface area contributed by atoms with Gasteiger partial charge in [-0.15, -0.1) is 0 Å². The molecule has 1 aromatic heterocycles. The molecule has 1 rings (SSSR count). The Bertz CT molecular complexity index is 457. The highest BCUT2D eigenvalue weighted by Gasteiger charge is 2.24. The van der Waals surface area contributed by atoms with Gasteiger partial charge in [-0.25, -0.2) is 0 Å². The Labute approximate surface area is 106 Å². The van der Waals surface area contributed by atoms with E-state index < -0.39 is 5.41 Å². The lowest BCUT2D eigenvalue weighted by atomic mass is 9.93. The molecule has 4 N–H and O–H groups in total. The number of nitrogens with two attached hydrogens (primary N) is 1. The van der Waals surface area contributed by atoms with Crippen molar-refractivity contribution in [2.45, 2.75) is 13.8 Å². The molecule has 0 radical (unpaired) electrons. The molecule has 0 fully saturated rings. The monoisotopic (exact) mass is 250 g/mol. The number of amides is 2. The molecule has 0 atom stereocenters. The molecule has 0 spiro atoms. The Balaban J connectivity index is 2.74. The zero-order chi connectivity index (χ0) is 13.8. The third kappa shape index (κ3) is 3.44. The van der Waals surface area contributed by atoms with Crippen LogP contribution in [0.15, 0.2) is 18.3 Å². The second-order valence-electron chi connectivity index (χ2n) is 4.61. The number of pyridine rings is 1. The summed E-state index contributed by atoms with van der Waals surface area (Å²) in [6.07, 6.45) is 1.53. The molecule has 0 saturated carbocycles. The van der Waals surface area contributed by atoms with Gasteiger partial charge in [-0.05, 0) is 26.0 Å². The van der Waals surface area contributed by atoms with E-state index in [1.807, 2.05) is 0 Å². The number of hydrogen-bond acceptors (Lipinski definition) is 4. The van der Waals surface area contributed by atoms with Crippen molar-refractivity contribution >= 4 is 17.5 Å². The first-order valence-corrected chi connectivity index (χ1v) is 5.59. The minimum absolute atomic E-state index is 0.257. The predicted molar refractivity (Wildman–Crippen MR) is 69.1 cm³/mol. The van der Waals surface area contributed by atoms with Gasteiger partial charge >= 0.3 is 0 Å². The quantitative estimate of drug-likeness (QED) is 0.703. The number of carbonyl (C=O) groups excluding carboxylic acids is 2. The average molecular weight is 250 g/mol. The minimum atomic E-state index is -0.656. The molecule has 0 unspecified atom stereocenters. The molecule has 1 aromatic rings. The Morgan fingerprint density at radius 1 is 1.44 bits per heavy atom. The van der Waals surface area contributed by atoms with Crippen molar-refractivity contribution in [3.05, 3.63) is 24.0 Å². The van der Waals surface area contributed by atoms with Crippen LogP contribution < -0.4 is 16.4 Å². The van der Waals surface area contributed by atoms with Crippen molar-refractivity contribution < 1.29 is 9.59 Å². The molecule has 6 nitrogen and oxygen atoms in total. The van der Waals surface area contributed by atoms with Gasteiger partial charge in [0.2, 0.25) is 5.91 Å². The summed E-state index contributed by atoms with van der Waals surface area (Å²) in [7, 11) is 1.54. The Hall–Kier alpha value is -2.11. The maximum atomic E-state index is 11.4. The van der Waals surface area contributed by atoms with Crippen molar-refractivity contribution in [3.8, 4) is 0 Å². The topological polar surface area (TPSA) is 97.1 Å². The molecule has 98 valence electrons. The van der Waals surface area contributed by atoms with Crippen LogP contribution >= 0.6 is 0 Å². The van der Waals surface area contributed by atoms with E-state index in [2.05, 4.69) is 15.6 Å². The van der Waals surface area contributed by atoms with Crippen LogP contribution in [0.2, 0.25) is 0 Å². The van der Waals surface area contributed by atoms with E-state index in [1.165, 1.54) is 6.20 Å². The molecular weight excluding hydrogens is 232 g/mol. The van der Waals surface area contributed by atoms with Gasteiger partial charge in [-0.3, -0.25) is 14.6 Å². The minimum Gasteiger partial charge on any atom is -0.384 e. The SMILES string of the molecule is CNC(=O)c1cc(NCC(C)(C)C(N)=O)ccn1. The van der Waals surface area contributed by atoms with Crippen LogP contribution in [0.4, 0.5) is 5.69 Å². The zero-order valence-corrected chi connectivity index (χ0v) is 10.8. The first kappa shape index (κ1) is 14.0. The predicted octanol–water partition coefficient (Wildman–Crippen LogP) is 0.365. The largest absolute Gasteiger partial charge is 0.384 e. The molecule has 1 heterocycles. The van der Waals surface area contributed by atoms with E-state index >= 15 is 0 Å². The van der Waals surface area contributed by atoms with Crippen LogP contribution in [0.1, 0.15) is 24.3 Å². The summed E-state index contributed by atoms with van der Waals surface area (Å²) >= 11 is 0. The number of carbonyl (C=O) groups is 2. The van der Waals surface area contributed by atoms with E-state index in [0.717, 1.165) is 5.69 Å². The summed E-state index contributed by atoms with van der Waals surface area (Å²) in [6, 6.07) is 3.35. The van der Waals surface area contributed by atoms with Gasteiger partial charge in [-0.1, -0.05) is 0 Å². The molecule has 0 aliphatic heterocycles. The Kier molecular flexibility index (Phi) is 4.25. The van der Waals surface area contributed by atoms with Crippen LogP contribution in [-0.4, -0.2) is 30.4 Å². The number of nitrogens with one attached hydrogen (secondary N) is 2. The van der Waals surface area contributed by atoms with E-state index in [-0.39, 0.29) is 11.8 Å². The van der Waals surface area contributed by atoms with Gasteiger partial charge in [0.1, 0.15) is 5.69 Å². The molecule has 0 aromatic carbocycles. The lowest BCUT2D eigenvalue weighted by Gasteiger charge is -2.21. The molecule has 0 bridgehead atoms. The fraction of sp³-hybridized carbons (Fsp3) is 0.417. The van der Waals surface area contributed by atoms with Crippen molar-refractivity contribution in [1.29, 1.82) is 0 Å². The average Bonchev–Trinajstić information content (AvgIpc) is 2.35. The highest BCUT2D eigenvalue weighted by atomic mass is 16.2. The number of rotatable bonds is 5. The number of hydrogen-bond donors (Lipinski definition) is 3. The summed E-state index contributed by atoms with van der Waals surface area (Å²) < 4.78 is 0. The molecule has 0 saturated heterocycles. The number of aromatic nitrogens is 1. The summed E-state index contributed by atoms with van der Waals surface area (Å²) in [5, 5.41) is 5.56. The fourth-order valence-electron chi connectivity index (χ4n) is 1.20. The van der Waals surface area contributed by atoms with Gasteiger partial charge < -0.3 is 16.4 Å². The lowest BCUT2D eigenvalue weighted by molar-refractivity contribution is -0.125. The highest BCUT2D eigenvalue weighted by Crippen LogP contribution is 2.16. The van der Waals surface area contributed by atoms with Gasteiger partial charge in [0, 0.05) is 25.5 Å². The van der Waals surface area contributed by atoms with E-state index in [1.54, 1.807) is 33.0 Å². The second-order valence-corrected chi connectivity index (χ2v) is 4.61. The summed E-state index contributed by atoms with van der Waals surface area (Å²) in [5.41, 5.74) is 5.66. The molecule has 6 heteroatoms. The molecule has 2 amide bonds. The first-order valence-electron chi connectivity index (χ1n) is 5.59. The third-order valence-electron chi connectivity index (χ3n) is 2.62.